The molecule has 3 aliphatic heterocycles. The van der Waals surface area contributed by atoms with Crippen LogP contribution in [0.4, 0.5) is 0 Å². The van der Waals surface area contributed by atoms with E-state index in [1.165, 1.54) is 0 Å². The van der Waals surface area contributed by atoms with E-state index in [-0.39, 0.29) is 35.9 Å². The molecular weight excluding hydrogens is 406 g/mol. The van der Waals surface area contributed by atoms with Crippen LogP contribution < -0.4 is 10.1 Å². The fourth-order valence-electron chi connectivity index (χ4n) is 4.65. The number of sulfone groups is 1. The minimum Gasteiger partial charge on any atom is -0.483 e. The number of hydrogen-bond donors (Lipinski definition) is 1. The van der Waals surface area contributed by atoms with E-state index in [1.54, 1.807) is 16.7 Å². The van der Waals surface area contributed by atoms with Gasteiger partial charge in [0.1, 0.15) is 11.4 Å². The number of hydrogen-bond acceptors (Lipinski definition) is 6. The van der Waals surface area contributed by atoms with Gasteiger partial charge in [-0.05, 0) is 25.3 Å². The Morgan fingerprint density at radius 1 is 1.23 bits per heavy atom. The van der Waals surface area contributed by atoms with Crippen molar-refractivity contribution in [1.29, 1.82) is 0 Å². The fraction of sp³-hybridized carbons (Fsp3) is 0.619. The molecule has 9 heteroatoms. The number of nitrogens with one attached hydrogen (secondary N) is 1. The Morgan fingerprint density at radius 3 is 2.73 bits per heavy atom. The van der Waals surface area contributed by atoms with Crippen LogP contribution in [0.1, 0.15) is 31.7 Å². The summed E-state index contributed by atoms with van der Waals surface area (Å²) in [5, 5.41) is 3.10. The highest BCUT2D eigenvalue weighted by molar-refractivity contribution is 7.91. The van der Waals surface area contributed by atoms with Crippen molar-refractivity contribution in [3.63, 3.8) is 0 Å². The molecule has 2 amide bonds. The standard InChI is InChI=1S/C21H29N3O5S/c1-16(25)24-12-17-5-2-3-6-19(17)29-21(15-24)8-4-9-23(14-21)20(26)11-22-18-7-10-30(27,28)13-18/h2-3,5-6,18,22H,4,7-15H2,1H3. The second kappa shape index (κ2) is 8.19. The number of benzene rings is 1. The van der Waals surface area contributed by atoms with Crippen molar-refractivity contribution in [2.45, 2.75) is 44.4 Å². The predicted molar refractivity (Wildman–Crippen MR) is 112 cm³/mol. The Kier molecular flexibility index (Phi) is 5.76. The summed E-state index contributed by atoms with van der Waals surface area (Å²) in [7, 11) is -2.98. The van der Waals surface area contributed by atoms with Crippen LogP contribution in [-0.4, -0.2) is 79.4 Å². The number of amides is 2. The second-order valence-electron chi connectivity index (χ2n) is 8.67. The van der Waals surface area contributed by atoms with Crippen LogP contribution in [0.25, 0.3) is 0 Å². The number of para-hydroxylation sites is 1. The number of ether oxygens (including phenoxy) is 1. The minimum atomic E-state index is -2.98. The van der Waals surface area contributed by atoms with E-state index in [0.717, 1.165) is 24.2 Å². The zero-order valence-corrected chi connectivity index (χ0v) is 18.1. The third kappa shape index (κ3) is 4.62. The summed E-state index contributed by atoms with van der Waals surface area (Å²) in [5.74, 6) is 0.971. The highest BCUT2D eigenvalue weighted by atomic mass is 32.2. The van der Waals surface area contributed by atoms with Crippen LogP contribution in [0.15, 0.2) is 24.3 Å². The number of nitrogens with zero attached hydrogens (tertiary/aromatic N) is 2. The maximum Gasteiger partial charge on any atom is 0.236 e. The summed E-state index contributed by atoms with van der Waals surface area (Å²) in [6.07, 6.45) is 2.10. The van der Waals surface area contributed by atoms with Gasteiger partial charge >= 0.3 is 0 Å². The Morgan fingerprint density at radius 2 is 2.00 bits per heavy atom. The van der Waals surface area contributed by atoms with Gasteiger partial charge in [-0.15, -0.1) is 0 Å². The predicted octanol–water partition coefficient (Wildman–Crippen LogP) is 0.565. The molecule has 2 saturated heterocycles. The highest BCUT2D eigenvalue weighted by Gasteiger charge is 2.43. The van der Waals surface area contributed by atoms with Crippen LogP contribution in [0.2, 0.25) is 0 Å². The first-order valence-corrected chi connectivity index (χ1v) is 12.3. The third-order valence-corrected chi connectivity index (χ3v) is 8.02. The van der Waals surface area contributed by atoms with Gasteiger partial charge in [0.05, 0.1) is 31.1 Å². The van der Waals surface area contributed by atoms with Crippen molar-refractivity contribution in [2.24, 2.45) is 0 Å². The van der Waals surface area contributed by atoms with Gasteiger partial charge in [-0.1, -0.05) is 18.2 Å². The molecular formula is C21H29N3O5S. The molecule has 0 saturated carbocycles. The lowest BCUT2D eigenvalue weighted by Gasteiger charge is -2.43. The normalized spacial score (nSPS) is 28.0. The van der Waals surface area contributed by atoms with Crippen molar-refractivity contribution >= 4 is 21.7 Å². The molecule has 2 unspecified atom stereocenters. The molecule has 0 bridgehead atoms. The van der Waals surface area contributed by atoms with E-state index < -0.39 is 15.4 Å². The Balaban J connectivity index is 1.46. The topological polar surface area (TPSA) is 96.0 Å². The molecule has 0 aromatic heterocycles. The van der Waals surface area contributed by atoms with Gasteiger partial charge in [-0.2, -0.15) is 0 Å². The zero-order chi connectivity index (χ0) is 21.4. The van der Waals surface area contributed by atoms with Crippen LogP contribution in [0, 0.1) is 0 Å². The molecule has 164 valence electrons. The van der Waals surface area contributed by atoms with Crippen molar-refractivity contribution in [1.82, 2.24) is 15.1 Å². The largest absolute Gasteiger partial charge is 0.483 e. The molecule has 1 spiro atoms. The molecule has 8 nitrogen and oxygen atoms in total. The van der Waals surface area contributed by atoms with E-state index in [9.17, 15) is 18.0 Å². The Bertz CT molecular complexity index is 934. The van der Waals surface area contributed by atoms with Gasteiger partial charge in [-0.3, -0.25) is 9.59 Å². The number of carbonyl (C=O) groups excluding carboxylic acids is 2. The summed E-state index contributed by atoms with van der Waals surface area (Å²) in [6, 6.07) is 7.58. The van der Waals surface area contributed by atoms with E-state index in [2.05, 4.69) is 5.32 Å². The van der Waals surface area contributed by atoms with Gasteiger partial charge in [0.15, 0.2) is 9.84 Å². The van der Waals surface area contributed by atoms with E-state index >= 15 is 0 Å². The lowest BCUT2D eigenvalue weighted by Crippen LogP contribution is -2.59. The van der Waals surface area contributed by atoms with Gasteiger partial charge in [0.2, 0.25) is 11.8 Å². The average Bonchev–Trinajstić information content (AvgIpc) is 2.96. The first-order chi connectivity index (χ1) is 14.3. The summed E-state index contributed by atoms with van der Waals surface area (Å²) >= 11 is 0. The maximum atomic E-state index is 12.9. The lowest BCUT2D eigenvalue weighted by molar-refractivity contribution is -0.139. The molecule has 30 heavy (non-hydrogen) atoms. The third-order valence-electron chi connectivity index (χ3n) is 6.25. The molecule has 4 rings (SSSR count). The number of carbonyl (C=O) groups is 2. The highest BCUT2D eigenvalue weighted by Crippen LogP contribution is 2.34. The molecule has 2 fully saturated rings. The monoisotopic (exact) mass is 435 g/mol. The van der Waals surface area contributed by atoms with Gasteiger partial charge in [-0.25, -0.2) is 8.42 Å². The second-order valence-corrected chi connectivity index (χ2v) is 10.9. The van der Waals surface area contributed by atoms with Gasteiger partial charge in [0, 0.05) is 31.6 Å². The van der Waals surface area contributed by atoms with Crippen molar-refractivity contribution < 1.29 is 22.7 Å². The van der Waals surface area contributed by atoms with Crippen LogP contribution in [-0.2, 0) is 26.0 Å². The molecule has 1 N–H and O–H groups in total. The maximum absolute atomic E-state index is 12.9. The molecule has 3 aliphatic rings. The lowest BCUT2D eigenvalue weighted by atomic mass is 9.91. The SMILES string of the molecule is CC(=O)N1Cc2ccccc2OC2(CCCN(C(=O)CNC3CCS(=O)(=O)C3)C2)C1. The molecule has 0 radical (unpaired) electrons. The molecule has 3 heterocycles. The Hall–Kier alpha value is -2.13. The van der Waals surface area contributed by atoms with Gasteiger partial charge < -0.3 is 19.9 Å². The molecule has 1 aromatic rings. The average molecular weight is 436 g/mol. The van der Waals surface area contributed by atoms with E-state index in [0.29, 0.717) is 32.6 Å². The quantitative estimate of drug-likeness (QED) is 0.746. The number of fused-ring (bicyclic) bond motifs is 1. The first kappa shape index (κ1) is 21.1. The first-order valence-electron chi connectivity index (χ1n) is 10.5. The number of piperidine rings is 1. The van der Waals surface area contributed by atoms with Crippen molar-refractivity contribution in [3.05, 3.63) is 29.8 Å². The molecule has 0 aliphatic carbocycles. The zero-order valence-electron chi connectivity index (χ0n) is 17.3. The fourth-order valence-corrected chi connectivity index (χ4v) is 6.36. The number of rotatable bonds is 3. The summed E-state index contributed by atoms with van der Waals surface area (Å²) in [5.41, 5.74) is 0.334. The number of likely N-dealkylation sites (tertiary alicyclic amines) is 1. The van der Waals surface area contributed by atoms with Crippen molar-refractivity contribution in [2.75, 3.05) is 37.7 Å². The van der Waals surface area contributed by atoms with Crippen LogP contribution in [0.3, 0.4) is 0 Å². The minimum absolute atomic E-state index is 0.0118. The van der Waals surface area contributed by atoms with E-state index in [4.69, 9.17) is 4.74 Å². The smallest absolute Gasteiger partial charge is 0.236 e. The van der Waals surface area contributed by atoms with Crippen LogP contribution >= 0.6 is 0 Å². The van der Waals surface area contributed by atoms with Crippen molar-refractivity contribution in [3.8, 4) is 5.75 Å². The Labute approximate surface area is 177 Å². The van der Waals surface area contributed by atoms with E-state index in [1.807, 2.05) is 24.3 Å². The molecule has 1 aromatic carbocycles. The van der Waals surface area contributed by atoms with Crippen LogP contribution in [0.5, 0.6) is 5.75 Å². The summed E-state index contributed by atoms with van der Waals surface area (Å²) < 4.78 is 29.7. The molecule has 2 atom stereocenters. The summed E-state index contributed by atoms with van der Waals surface area (Å²) in [6.45, 7) is 3.66. The summed E-state index contributed by atoms with van der Waals surface area (Å²) in [4.78, 5) is 28.7. The van der Waals surface area contributed by atoms with Gasteiger partial charge in [0.25, 0.3) is 0 Å².